The summed E-state index contributed by atoms with van der Waals surface area (Å²) in [7, 11) is 0. The summed E-state index contributed by atoms with van der Waals surface area (Å²) >= 11 is 1.37. The monoisotopic (exact) mass is 470 g/mol. The number of benzene rings is 2. The summed E-state index contributed by atoms with van der Waals surface area (Å²) in [6.07, 6.45) is 0.499. The van der Waals surface area contributed by atoms with Crippen LogP contribution in [0.25, 0.3) is 11.3 Å². The van der Waals surface area contributed by atoms with E-state index in [1.54, 1.807) is 5.38 Å². The first kappa shape index (κ1) is 22.1. The van der Waals surface area contributed by atoms with Gasteiger partial charge >= 0.3 is 0 Å². The lowest BCUT2D eigenvalue weighted by molar-refractivity contribution is 0.102. The Kier molecular flexibility index (Phi) is 6.51. The van der Waals surface area contributed by atoms with Crippen molar-refractivity contribution in [2.75, 3.05) is 36.4 Å². The quantitative estimate of drug-likeness (QED) is 0.256. The number of carbonyl (C=O) groups excluding carboxylic acids is 1. The molecule has 0 amide bonds. The third-order valence-corrected chi connectivity index (χ3v) is 6.57. The number of aromatic nitrogens is 3. The SMILES string of the molecule is C=C(Cc1ccccc1N1CCNCC1)C(=O)c1csc(Nc2cc(-c3ccccc3)[nH]n2)n1. The predicted octanol–water partition coefficient (Wildman–Crippen LogP) is 4.67. The van der Waals surface area contributed by atoms with Gasteiger partial charge in [0.05, 0.1) is 5.69 Å². The zero-order chi connectivity index (χ0) is 23.3. The number of anilines is 3. The first-order valence-electron chi connectivity index (χ1n) is 11.3. The van der Waals surface area contributed by atoms with E-state index < -0.39 is 0 Å². The molecule has 0 radical (unpaired) electrons. The van der Waals surface area contributed by atoms with Gasteiger partial charge in [0.2, 0.25) is 5.78 Å². The number of carbonyl (C=O) groups is 1. The van der Waals surface area contributed by atoms with Crippen LogP contribution in [0.15, 0.2) is 78.2 Å². The minimum absolute atomic E-state index is 0.133. The molecule has 2 aromatic carbocycles. The lowest BCUT2D eigenvalue weighted by Gasteiger charge is -2.31. The summed E-state index contributed by atoms with van der Waals surface area (Å²) in [4.78, 5) is 19.9. The van der Waals surface area contributed by atoms with Crippen LogP contribution in [0.4, 0.5) is 16.6 Å². The first-order valence-corrected chi connectivity index (χ1v) is 12.1. The van der Waals surface area contributed by atoms with Crippen LogP contribution in [0.2, 0.25) is 0 Å². The Labute approximate surface area is 202 Å². The predicted molar refractivity (Wildman–Crippen MR) is 138 cm³/mol. The van der Waals surface area contributed by atoms with Gasteiger partial charge in [-0.3, -0.25) is 9.89 Å². The number of H-pyrrole nitrogens is 1. The van der Waals surface area contributed by atoms with Crippen LogP contribution in [0.5, 0.6) is 0 Å². The molecule has 3 heterocycles. The Balaban J connectivity index is 1.25. The van der Waals surface area contributed by atoms with Crippen molar-refractivity contribution in [3.63, 3.8) is 0 Å². The van der Waals surface area contributed by atoms with Crippen molar-refractivity contribution in [1.29, 1.82) is 0 Å². The molecule has 0 aliphatic carbocycles. The minimum atomic E-state index is -0.133. The lowest BCUT2D eigenvalue weighted by Crippen LogP contribution is -2.43. The third-order valence-electron chi connectivity index (χ3n) is 5.81. The van der Waals surface area contributed by atoms with Crippen LogP contribution in [-0.2, 0) is 6.42 Å². The van der Waals surface area contributed by atoms with Crippen LogP contribution < -0.4 is 15.5 Å². The molecule has 1 fully saturated rings. The van der Waals surface area contributed by atoms with E-state index in [1.165, 1.54) is 17.0 Å². The van der Waals surface area contributed by atoms with Gasteiger partial charge in [-0.25, -0.2) is 4.98 Å². The average molecular weight is 471 g/mol. The van der Waals surface area contributed by atoms with Crippen molar-refractivity contribution in [3.8, 4) is 11.3 Å². The summed E-state index contributed by atoms with van der Waals surface area (Å²) in [5.74, 6) is 0.516. The molecule has 0 bridgehead atoms. The molecule has 0 saturated carbocycles. The van der Waals surface area contributed by atoms with Crippen LogP contribution in [0, 0.1) is 0 Å². The van der Waals surface area contributed by atoms with Crippen LogP contribution in [-0.4, -0.2) is 47.1 Å². The highest BCUT2D eigenvalue weighted by Crippen LogP contribution is 2.27. The van der Waals surface area contributed by atoms with Crippen LogP contribution >= 0.6 is 11.3 Å². The molecule has 2 aromatic heterocycles. The molecule has 8 heteroatoms. The van der Waals surface area contributed by atoms with Gasteiger partial charge < -0.3 is 15.5 Å². The second-order valence-corrected chi connectivity index (χ2v) is 9.03. The lowest BCUT2D eigenvalue weighted by atomic mass is 9.99. The molecule has 4 aromatic rings. The summed E-state index contributed by atoms with van der Waals surface area (Å²) < 4.78 is 0. The van der Waals surface area contributed by atoms with Gasteiger partial charge in [-0.1, -0.05) is 55.1 Å². The normalized spacial score (nSPS) is 13.6. The molecule has 5 rings (SSSR count). The maximum absolute atomic E-state index is 13.1. The van der Waals surface area contributed by atoms with Crippen LogP contribution in [0.3, 0.4) is 0 Å². The molecule has 0 spiro atoms. The molecule has 3 N–H and O–H groups in total. The fraction of sp³-hybridized carbons (Fsp3) is 0.192. The highest BCUT2D eigenvalue weighted by Gasteiger charge is 2.19. The molecular weight excluding hydrogens is 444 g/mol. The highest BCUT2D eigenvalue weighted by molar-refractivity contribution is 7.14. The van der Waals surface area contributed by atoms with Crippen molar-refractivity contribution < 1.29 is 4.79 Å². The molecule has 7 nitrogen and oxygen atoms in total. The summed E-state index contributed by atoms with van der Waals surface area (Å²) in [6.45, 7) is 7.93. The molecule has 0 unspecified atom stereocenters. The molecule has 172 valence electrons. The zero-order valence-corrected chi connectivity index (χ0v) is 19.6. The number of thiazole rings is 1. The zero-order valence-electron chi connectivity index (χ0n) is 18.8. The molecule has 1 aliphatic rings. The van der Waals surface area contributed by atoms with Crippen LogP contribution in [0.1, 0.15) is 16.1 Å². The van der Waals surface area contributed by atoms with Crippen molar-refractivity contribution in [1.82, 2.24) is 20.5 Å². The summed E-state index contributed by atoms with van der Waals surface area (Å²) in [5, 5.41) is 16.3. The van der Waals surface area contributed by atoms with E-state index >= 15 is 0 Å². The number of nitrogens with zero attached hydrogens (tertiary/aromatic N) is 3. The Hall–Kier alpha value is -3.75. The van der Waals surface area contributed by atoms with Gasteiger partial charge in [-0.15, -0.1) is 11.3 Å². The van der Waals surface area contributed by atoms with Crippen molar-refractivity contribution in [3.05, 3.63) is 89.5 Å². The largest absolute Gasteiger partial charge is 0.369 e. The van der Waals surface area contributed by atoms with E-state index in [9.17, 15) is 4.79 Å². The van der Waals surface area contributed by atoms with Gasteiger partial charge in [0.1, 0.15) is 5.69 Å². The van der Waals surface area contributed by atoms with Crippen molar-refractivity contribution in [2.45, 2.75) is 6.42 Å². The number of ketones is 1. The van der Waals surface area contributed by atoms with Gasteiger partial charge in [-0.2, -0.15) is 5.10 Å². The van der Waals surface area contributed by atoms with Gasteiger partial charge in [-0.05, 0) is 22.8 Å². The second kappa shape index (κ2) is 10.0. The maximum Gasteiger partial charge on any atom is 0.208 e. The average Bonchev–Trinajstić information content (AvgIpc) is 3.55. The number of piperazine rings is 1. The number of hydrogen-bond acceptors (Lipinski definition) is 7. The summed E-state index contributed by atoms with van der Waals surface area (Å²) in [5.41, 5.74) is 5.18. The Morgan fingerprint density at radius 1 is 1.09 bits per heavy atom. The second-order valence-electron chi connectivity index (χ2n) is 8.17. The van der Waals surface area contributed by atoms with Crippen molar-refractivity contribution in [2.24, 2.45) is 0 Å². The number of nitrogens with one attached hydrogen (secondary N) is 3. The Bertz CT molecular complexity index is 1290. The Morgan fingerprint density at radius 3 is 2.68 bits per heavy atom. The smallest absolute Gasteiger partial charge is 0.208 e. The minimum Gasteiger partial charge on any atom is -0.369 e. The number of aromatic amines is 1. The molecule has 34 heavy (non-hydrogen) atoms. The van der Waals surface area contributed by atoms with Gasteiger partial charge in [0.15, 0.2) is 10.9 Å². The standard InChI is InChI=1S/C26H26N6OS/c1-18(15-20-9-5-6-10-23(20)32-13-11-27-12-14-32)25(33)22-17-34-26(28-22)29-24-16-21(30-31-24)19-7-3-2-4-8-19/h2-10,16-17,27H,1,11-15H2,(H2,28,29,30,31). The van der Waals surface area contributed by atoms with E-state index in [2.05, 4.69) is 49.4 Å². The topological polar surface area (TPSA) is 85.9 Å². The molecular formula is C26H26N6OS. The highest BCUT2D eigenvalue weighted by atomic mass is 32.1. The fourth-order valence-corrected chi connectivity index (χ4v) is 4.76. The number of rotatable bonds is 8. The van der Waals surface area contributed by atoms with E-state index in [4.69, 9.17) is 0 Å². The molecule has 1 aliphatic heterocycles. The van der Waals surface area contributed by atoms with Gasteiger partial charge in [0, 0.05) is 49.7 Å². The van der Waals surface area contributed by atoms with E-state index in [-0.39, 0.29) is 5.78 Å². The third kappa shape index (κ3) is 4.93. The molecule has 1 saturated heterocycles. The van der Waals surface area contributed by atoms with E-state index in [0.29, 0.717) is 28.6 Å². The van der Waals surface area contributed by atoms with E-state index in [0.717, 1.165) is 43.0 Å². The number of Topliss-reactive ketones (excluding diaryl/α,β-unsaturated/α-hetero) is 1. The van der Waals surface area contributed by atoms with E-state index in [1.807, 2.05) is 48.5 Å². The molecule has 0 atom stereocenters. The Morgan fingerprint density at radius 2 is 1.85 bits per heavy atom. The number of allylic oxidation sites excluding steroid dienone is 1. The summed E-state index contributed by atoms with van der Waals surface area (Å²) in [6, 6.07) is 20.2. The number of hydrogen-bond donors (Lipinski definition) is 3. The van der Waals surface area contributed by atoms with Gasteiger partial charge in [0.25, 0.3) is 0 Å². The fourth-order valence-electron chi connectivity index (χ4n) is 4.06. The van der Waals surface area contributed by atoms with Crippen molar-refractivity contribution >= 4 is 33.8 Å². The number of para-hydroxylation sites is 1. The maximum atomic E-state index is 13.1. The first-order chi connectivity index (χ1) is 16.7.